The second kappa shape index (κ2) is 11.4. The van der Waals surface area contributed by atoms with Gasteiger partial charge in [0.25, 0.3) is 5.56 Å². The van der Waals surface area contributed by atoms with Gasteiger partial charge in [0.1, 0.15) is 23.4 Å². The lowest BCUT2D eigenvalue weighted by atomic mass is 10.0. The normalized spacial score (nSPS) is 16.4. The molecule has 232 valence electrons. The average molecular weight is 617 g/mol. The number of methoxy groups -OCH3 is 1. The van der Waals surface area contributed by atoms with Crippen molar-refractivity contribution < 1.29 is 17.9 Å². The summed E-state index contributed by atoms with van der Waals surface area (Å²) in [6.45, 7) is 1.81. The highest BCUT2D eigenvalue weighted by Gasteiger charge is 2.36. The molecular weight excluding hydrogens is 585 g/mol. The number of rotatable bonds is 7. The maximum atomic E-state index is 13.7. The van der Waals surface area contributed by atoms with E-state index in [2.05, 4.69) is 24.8 Å². The number of benzene rings is 1. The van der Waals surface area contributed by atoms with Gasteiger partial charge in [-0.3, -0.25) is 9.36 Å². The Morgan fingerprint density at radius 2 is 1.71 bits per heavy atom. The summed E-state index contributed by atoms with van der Waals surface area (Å²) >= 11 is 0. The summed E-state index contributed by atoms with van der Waals surface area (Å²) in [4.78, 5) is 37.5. The number of pyridine rings is 1. The van der Waals surface area contributed by atoms with E-state index in [0.717, 1.165) is 56.2 Å². The maximum Gasteiger partial charge on any atom is 0.434 e. The molecule has 5 aromatic rings. The third kappa shape index (κ3) is 5.68. The fourth-order valence-electron chi connectivity index (χ4n) is 6.00. The quantitative estimate of drug-likeness (QED) is 0.242. The lowest BCUT2D eigenvalue weighted by Crippen LogP contribution is -2.31. The molecule has 0 N–H and O–H groups in total. The minimum absolute atomic E-state index is 0.0725. The van der Waals surface area contributed by atoms with E-state index in [4.69, 9.17) is 9.72 Å². The SMILES string of the molecule is COc1ncnc(C2CC2)c1-c1ncc2ccc(=O)n(Cc3ccc(-c4nc(C(F)(F)F)cn4C4CCN(C)CC4)cc3)c2n1. The topological polar surface area (TPSA) is 104 Å². The predicted molar refractivity (Wildman–Crippen MR) is 161 cm³/mol. The van der Waals surface area contributed by atoms with Crippen LogP contribution in [0.4, 0.5) is 13.2 Å². The number of alkyl halides is 3. The van der Waals surface area contributed by atoms with Crippen LogP contribution in [0.1, 0.15) is 54.6 Å². The van der Waals surface area contributed by atoms with Gasteiger partial charge >= 0.3 is 6.18 Å². The second-order valence-corrected chi connectivity index (χ2v) is 11.7. The second-order valence-electron chi connectivity index (χ2n) is 11.7. The zero-order valence-electron chi connectivity index (χ0n) is 24.8. The molecular formula is C32H31F3N8O2. The van der Waals surface area contributed by atoms with Crippen LogP contribution in [0.15, 0.2) is 59.9 Å². The molecule has 1 aliphatic carbocycles. The predicted octanol–water partition coefficient (Wildman–Crippen LogP) is 5.33. The van der Waals surface area contributed by atoms with E-state index in [1.165, 1.54) is 19.5 Å². The molecule has 1 saturated heterocycles. The van der Waals surface area contributed by atoms with Crippen LogP contribution in [0.25, 0.3) is 33.8 Å². The molecule has 0 bridgehead atoms. The largest absolute Gasteiger partial charge is 0.480 e. The number of hydrogen-bond donors (Lipinski definition) is 0. The van der Waals surface area contributed by atoms with Crippen molar-refractivity contribution in [2.24, 2.45) is 0 Å². The Bertz CT molecular complexity index is 1920. The summed E-state index contributed by atoms with van der Waals surface area (Å²) in [7, 11) is 3.55. The molecule has 1 aliphatic heterocycles. The van der Waals surface area contributed by atoms with Crippen LogP contribution in [0.5, 0.6) is 5.88 Å². The van der Waals surface area contributed by atoms with Gasteiger partial charge in [0, 0.05) is 41.4 Å². The van der Waals surface area contributed by atoms with Crippen molar-refractivity contribution in [1.29, 1.82) is 0 Å². The highest BCUT2D eigenvalue weighted by molar-refractivity contribution is 5.78. The van der Waals surface area contributed by atoms with Gasteiger partial charge in [0.15, 0.2) is 11.5 Å². The van der Waals surface area contributed by atoms with Crippen LogP contribution < -0.4 is 10.3 Å². The third-order valence-corrected chi connectivity index (χ3v) is 8.60. The number of nitrogens with zero attached hydrogens (tertiary/aromatic N) is 8. The van der Waals surface area contributed by atoms with Gasteiger partial charge in [-0.15, -0.1) is 0 Å². The Morgan fingerprint density at radius 1 is 0.956 bits per heavy atom. The van der Waals surface area contributed by atoms with Crippen LogP contribution >= 0.6 is 0 Å². The first-order chi connectivity index (χ1) is 21.7. The number of likely N-dealkylation sites (tertiary alicyclic amines) is 1. The van der Waals surface area contributed by atoms with Crippen LogP contribution in [0.2, 0.25) is 0 Å². The smallest absolute Gasteiger partial charge is 0.434 e. The first kappa shape index (κ1) is 29.1. The van der Waals surface area contributed by atoms with Gasteiger partial charge in [-0.25, -0.2) is 24.9 Å². The van der Waals surface area contributed by atoms with E-state index in [0.29, 0.717) is 33.9 Å². The van der Waals surface area contributed by atoms with Crippen molar-refractivity contribution in [1.82, 2.24) is 39.0 Å². The summed E-state index contributed by atoms with van der Waals surface area (Å²) < 4.78 is 49.9. The summed E-state index contributed by atoms with van der Waals surface area (Å²) in [5.41, 5.74) is 2.10. The molecule has 7 rings (SSSR count). The van der Waals surface area contributed by atoms with Crippen molar-refractivity contribution >= 4 is 11.0 Å². The number of piperidine rings is 1. The zero-order chi connectivity index (χ0) is 31.3. The van der Waals surface area contributed by atoms with Crippen molar-refractivity contribution in [3.8, 4) is 28.7 Å². The van der Waals surface area contributed by atoms with Crippen molar-refractivity contribution in [2.45, 2.75) is 50.4 Å². The van der Waals surface area contributed by atoms with Crippen LogP contribution in [-0.4, -0.2) is 66.2 Å². The van der Waals surface area contributed by atoms with Crippen LogP contribution in [0, 0.1) is 0 Å². The average Bonchev–Trinajstić information content (AvgIpc) is 3.79. The summed E-state index contributed by atoms with van der Waals surface area (Å²) in [6.07, 6.45) is 3.24. The molecule has 1 saturated carbocycles. The molecule has 13 heteroatoms. The van der Waals surface area contributed by atoms with E-state index in [1.54, 1.807) is 33.5 Å². The number of ether oxygens (including phenoxy) is 1. The van der Waals surface area contributed by atoms with Gasteiger partial charge in [0.05, 0.1) is 19.3 Å². The molecule has 2 fully saturated rings. The van der Waals surface area contributed by atoms with Gasteiger partial charge in [-0.05, 0) is 57.5 Å². The summed E-state index contributed by atoms with van der Waals surface area (Å²) in [5.74, 6) is 1.32. The van der Waals surface area contributed by atoms with Gasteiger partial charge in [-0.2, -0.15) is 13.2 Å². The van der Waals surface area contributed by atoms with Crippen LogP contribution in [-0.2, 0) is 12.7 Å². The Kier molecular flexibility index (Phi) is 7.35. The number of fused-ring (bicyclic) bond motifs is 1. The molecule has 2 aliphatic rings. The first-order valence-electron chi connectivity index (χ1n) is 14.9. The van der Waals surface area contributed by atoms with E-state index in [1.807, 2.05) is 19.2 Å². The van der Waals surface area contributed by atoms with Crippen molar-refractivity contribution in [2.75, 3.05) is 27.2 Å². The first-order valence-corrected chi connectivity index (χ1v) is 14.9. The van der Waals surface area contributed by atoms with E-state index in [-0.39, 0.29) is 29.9 Å². The lowest BCUT2D eigenvalue weighted by molar-refractivity contribution is -0.140. The highest BCUT2D eigenvalue weighted by Crippen LogP contribution is 2.45. The lowest BCUT2D eigenvalue weighted by Gasteiger charge is -2.30. The monoisotopic (exact) mass is 616 g/mol. The molecule has 10 nitrogen and oxygen atoms in total. The fourth-order valence-corrected chi connectivity index (χ4v) is 6.00. The molecule has 45 heavy (non-hydrogen) atoms. The number of aromatic nitrogens is 7. The fraction of sp³-hybridized carbons (Fsp3) is 0.375. The molecule has 1 aromatic carbocycles. The molecule has 5 heterocycles. The minimum atomic E-state index is -4.54. The van der Waals surface area contributed by atoms with Crippen LogP contribution in [0.3, 0.4) is 0 Å². The van der Waals surface area contributed by atoms with Crippen molar-refractivity contribution in [3.63, 3.8) is 0 Å². The summed E-state index contributed by atoms with van der Waals surface area (Å²) in [6, 6.07) is 10.2. The summed E-state index contributed by atoms with van der Waals surface area (Å²) in [5, 5.41) is 0.679. The molecule has 4 aromatic heterocycles. The number of imidazole rings is 1. The maximum absolute atomic E-state index is 13.7. The van der Waals surface area contributed by atoms with E-state index < -0.39 is 11.9 Å². The van der Waals surface area contributed by atoms with Gasteiger partial charge in [0.2, 0.25) is 5.88 Å². The molecule has 0 amide bonds. The third-order valence-electron chi connectivity index (χ3n) is 8.60. The number of hydrogen-bond acceptors (Lipinski definition) is 8. The molecule has 0 spiro atoms. The van der Waals surface area contributed by atoms with E-state index >= 15 is 0 Å². The molecule has 0 radical (unpaired) electrons. The van der Waals surface area contributed by atoms with E-state index in [9.17, 15) is 18.0 Å². The Hall–Kier alpha value is -4.65. The zero-order valence-corrected chi connectivity index (χ0v) is 24.8. The Balaban J connectivity index is 1.23. The molecule has 0 unspecified atom stereocenters. The molecule has 0 atom stereocenters. The highest BCUT2D eigenvalue weighted by atomic mass is 19.4. The number of halogens is 3. The Morgan fingerprint density at radius 3 is 2.40 bits per heavy atom. The Labute approximate surface area is 256 Å². The minimum Gasteiger partial charge on any atom is -0.480 e. The standard InChI is InChI=1S/C32H31F3N8O2/c1-41-13-11-23(12-14-41)42-17-24(32(33,34)35)39-29(42)21-5-3-19(4-6-21)16-43-25(44)10-9-22-15-36-28(40-30(22)43)26-27(20-7-8-20)37-18-38-31(26)45-2/h3-6,9-10,15,17-18,20,23H,7-8,11-14,16H2,1-2H3. The van der Waals surface area contributed by atoms with Gasteiger partial charge in [-0.1, -0.05) is 24.3 Å². The van der Waals surface area contributed by atoms with Gasteiger partial charge < -0.3 is 14.2 Å². The van der Waals surface area contributed by atoms with Crippen molar-refractivity contribution in [3.05, 3.63) is 82.4 Å².